The van der Waals surface area contributed by atoms with Crippen LogP contribution in [0, 0.1) is 0 Å². The molecule has 0 saturated heterocycles. The zero-order valence-corrected chi connectivity index (χ0v) is 7.77. The van der Waals surface area contributed by atoms with Gasteiger partial charge in [0.2, 0.25) is 0 Å². The summed E-state index contributed by atoms with van der Waals surface area (Å²) in [5.41, 5.74) is 1.00. The lowest BCUT2D eigenvalue weighted by atomic mass is 10.4. The first-order chi connectivity index (χ1) is 6.09. The lowest BCUT2D eigenvalue weighted by Gasteiger charge is -2.13. The number of carbonyl (C=O) groups is 1. The van der Waals surface area contributed by atoms with Crippen LogP contribution in [-0.4, -0.2) is 39.3 Å². The monoisotopic (exact) mass is 183 g/mol. The largest absolute Gasteiger partial charge is 0.480 e. The molecule has 72 valence electrons. The number of nitrogens with zero attached hydrogens (tertiary/aromatic N) is 3. The van der Waals surface area contributed by atoms with Crippen LogP contribution < -0.4 is 0 Å². The second-order valence-electron chi connectivity index (χ2n) is 3.01. The van der Waals surface area contributed by atoms with Gasteiger partial charge in [-0.25, -0.2) is 0 Å². The normalized spacial score (nSPS) is 10.7. The zero-order chi connectivity index (χ0) is 9.84. The van der Waals surface area contributed by atoms with Crippen molar-refractivity contribution in [1.82, 2.24) is 14.7 Å². The van der Waals surface area contributed by atoms with E-state index in [0.29, 0.717) is 6.54 Å². The molecule has 13 heavy (non-hydrogen) atoms. The molecule has 0 aliphatic heterocycles. The van der Waals surface area contributed by atoms with E-state index < -0.39 is 5.97 Å². The van der Waals surface area contributed by atoms with Crippen molar-refractivity contribution < 1.29 is 9.90 Å². The molecule has 1 rings (SSSR count). The summed E-state index contributed by atoms with van der Waals surface area (Å²) in [6.07, 6.45) is 1.70. The molecule has 5 nitrogen and oxygen atoms in total. The zero-order valence-electron chi connectivity index (χ0n) is 7.77. The van der Waals surface area contributed by atoms with Gasteiger partial charge >= 0.3 is 5.97 Å². The summed E-state index contributed by atoms with van der Waals surface area (Å²) in [7, 11) is 3.60. The van der Waals surface area contributed by atoms with Gasteiger partial charge in [0.25, 0.3) is 0 Å². The van der Waals surface area contributed by atoms with Gasteiger partial charge in [-0.1, -0.05) is 0 Å². The first-order valence-corrected chi connectivity index (χ1v) is 3.97. The smallest absolute Gasteiger partial charge is 0.317 e. The number of hydrogen-bond donors (Lipinski definition) is 1. The summed E-state index contributed by atoms with van der Waals surface area (Å²) in [4.78, 5) is 12.1. The van der Waals surface area contributed by atoms with Crippen LogP contribution in [0.15, 0.2) is 12.3 Å². The minimum atomic E-state index is -0.815. The van der Waals surface area contributed by atoms with Gasteiger partial charge in [0.1, 0.15) is 0 Å². The third-order valence-corrected chi connectivity index (χ3v) is 1.76. The van der Waals surface area contributed by atoms with Crippen molar-refractivity contribution in [3.05, 3.63) is 18.0 Å². The van der Waals surface area contributed by atoms with Crippen LogP contribution in [0.1, 0.15) is 5.69 Å². The summed E-state index contributed by atoms with van der Waals surface area (Å²) >= 11 is 0. The molecule has 0 atom stereocenters. The number of hydrogen-bond acceptors (Lipinski definition) is 3. The summed E-state index contributed by atoms with van der Waals surface area (Å²) in [6.45, 7) is 0.647. The highest BCUT2D eigenvalue weighted by Gasteiger charge is 2.06. The van der Waals surface area contributed by atoms with Gasteiger partial charge in [0.05, 0.1) is 12.2 Å². The molecule has 0 spiro atoms. The molecular formula is C8H13N3O2. The quantitative estimate of drug-likeness (QED) is 0.710. The number of likely N-dealkylation sites (N-methyl/N-ethyl adjacent to an activating group) is 1. The molecule has 5 heteroatoms. The summed E-state index contributed by atoms with van der Waals surface area (Å²) in [5.74, 6) is -0.815. The molecular weight excluding hydrogens is 170 g/mol. The van der Waals surface area contributed by atoms with Crippen LogP contribution in [0.4, 0.5) is 0 Å². The van der Waals surface area contributed by atoms with Crippen molar-refractivity contribution in [3.8, 4) is 0 Å². The maximum atomic E-state index is 10.4. The van der Waals surface area contributed by atoms with Crippen molar-refractivity contribution in [2.75, 3.05) is 13.6 Å². The molecule has 0 saturated carbocycles. The van der Waals surface area contributed by atoms with E-state index in [9.17, 15) is 4.79 Å². The van der Waals surface area contributed by atoms with E-state index in [1.54, 1.807) is 22.8 Å². The van der Waals surface area contributed by atoms with Crippen LogP contribution in [-0.2, 0) is 18.4 Å². The average Bonchev–Trinajstić information content (AvgIpc) is 2.34. The highest BCUT2D eigenvalue weighted by Crippen LogP contribution is 2.00. The van der Waals surface area contributed by atoms with Crippen molar-refractivity contribution >= 4 is 5.97 Å². The number of rotatable bonds is 4. The van der Waals surface area contributed by atoms with Crippen LogP contribution in [0.5, 0.6) is 0 Å². The first kappa shape index (κ1) is 9.73. The summed E-state index contributed by atoms with van der Waals surface area (Å²) < 4.78 is 1.73. The topological polar surface area (TPSA) is 58.4 Å². The van der Waals surface area contributed by atoms with Crippen molar-refractivity contribution in [1.29, 1.82) is 0 Å². The molecule has 1 N–H and O–H groups in total. The van der Waals surface area contributed by atoms with Crippen molar-refractivity contribution in [2.24, 2.45) is 7.05 Å². The molecule has 0 aliphatic carbocycles. The number of aryl methyl sites for hydroxylation is 1. The highest BCUT2D eigenvalue weighted by atomic mass is 16.4. The Morgan fingerprint density at radius 1 is 1.77 bits per heavy atom. The minimum Gasteiger partial charge on any atom is -0.480 e. The number of aromatic nitrogens is 2. The Morgan fingerprint density at radius 2 is 2.46 bits per heavy atom. The Bertz CT molecular complexity index is 295. The molecule has 0 aromatic carbocycles. The fourth-order valence-electron chi connectivity index (χ4n) is 1.12. The number of carboxylic acid groups (broad SMARTS) is 1. The highest BCUT2D eigenvalue weighted by molar-refractivity contribution is 5.68. The van der Waals surface area contributed by atoms with E-state index in [2.05, 4.69) is 5.10 Å². The second kappa shape index (κ2) is 4.04. The van der Waals surface area contributed by atoms with Gasteiger partial charge in [-0.05, 0) is 13.1 Å². The maximum absolute atomic E-state index is 10.4. The van der Waals surface area contributed by atoms with E-state index >= 15 is 0 Å². The molecule has 0 aliphatic rings. The molecule has 1 heterocycles. The Morgan fingerprint density at radius 3 is 2.92 bits per heavy atom. The standard InChI is InChI=1S/C8H13N3O2/c1-10(6-8(12)13)5-7-3-4-9-11(7)2/h3-4H,5-6H2,1-2H3,(H,12,13). The molecule has 0 bridgehead atoms. The third-order valence-electron chi connectivity index (χ3n) is 1.76. The Balaban J connectivity index is 2.49. The minimum absolute atomic E-state index is 0.0468. The van der Waals surface area contributed by atoms with Crippen molar-refractivity contribution in [2.45, 2.75) is 6.54 Å². The predicted molar refractivity (Wildman–Crippen MR) is 47.2 cm³/mol. The predicted octanol–water partition coefficient (Wildman–Crippen LogP) is -0.0635. The van der Waals surface area contributed by atoms with Gasteiger partial charge in [0.15, 0.2) is 0 Å². The average molecular weight is 183 g/mol. The van der Waals surface area contributed by atoms with Gasteiger partial charge in [-0.2, -0.15) is 5.10 Å². The Labute approximate surface area is 76.6 Å². The van der Waals surface area contributed by atoms with Crippen LogP contribution in [0.2, 0.25) is 0 Å². The van der Waals surface area contributed by atoms with Gasteiger partial charge in [-0.15, -0.1) is 0 Å². The van der Waals surface area contributed by atoms with Gasteiger partial charge < -0.3 is 5.11 Å². The van der Waals surface area contributed by atoms with E-state index in [1.165, 1.54) is 0 Å². The Kier molecular flexibility index (Phi) is 3.02. The summed E-state index contributed by atoms with van der Waals surface area (Å²) in [5, 5.41) is 12.5. The number of aliphatic carboxylic acids is 1. The van der Waals surface area contributed by atoms with Crippen LogP contribution >= 0.6 is 0 Å². The fourth-order valence-corrected chi connectivity index (χ4v) is 1.12. The molecule has 0 fully saturated rings. The SMILES string of the molecule is CN(CC(=O)O)Cc1ccnn1C. The van der Waals surface area contributed by atoms with E-state index in [-0.39, 0.29) is 6.54 Å². The first-order valence-electron chi connectivity index (χ1n) is 3.97. The lowest BCUT2D eigenvalue weighted by molar-refractivity contribution is -0.138. The molecule has 1 aromatic rings. The molecule has 0 amide bonds. The second-order valence-corrected chi connectivity index (χ2v) is 3.01. The van der Waals surface area contributed by atoms with E-state index in [0.717, 1.165) is 5.69 Å². The lowest BCUT2D eigenvalue weighted by Crippen LogP contribution is -2.26. The van der Waals surface area contributed by atoms with Crippen molar-refractivity contribution in [3.63, 3.8) is 0 Å². The fraction of sp³-hybridized carbons (Fsp3) is 0.500. The Hall–Kier alpha value is -1.36. The molecule has 0 unspecified atom stereocenters. The van der Waals surface area contributed by atoms with E-state index in [1.807, 2.05) is 13.1 Å². The van der Waals surface area contributed by atoms with Crippen LogP contribution in [0.25, 0.3) is 0 Å². The third kappa shape index (κ3) is 2.87. The van der Waals surface area contributed by atoms with Gasteiger partial charge in [0, 0.05) is 19.8 Å². The molecule has 1 aromatic heterocycles. The van der Waals surface area contributed by atoms with Gasteiger partial charge in [-0.3, -0.25) is 14.4 Å². The van der Waals surface area contributed by atoms with Crippen LogP contribution in [0.3, 0.4) is 0 Å². The molecule has 0 radical (unpaired) electrons. The van der Waals surface area contributed by atoms with E-state index in [4.69, 9.17) is 5.11 Å². The maximum Gasteiger partial charge on any atom is 0.317 e. The number of carboxylic acids is 1. The summed E-state index contributed by atoms with van der Waals surface area (Å²) in [6, 6.07) is 1.87.